The minimum Gasteiger partial charge on any atom is -0.455 e. The molecule has 0 aliphatic rings. The molecular formula is C17H18ClN3O5S. The number of anilines is 2. The van der Waals surface area contributed by atoms with Crippen molar-refractivity contribution in [3.63, 3.8) is 0 Å². The number of nitrogens with zero attached hydrogens (tertiary/aromatic N) is 1. The molecule has 2 amide bonds. The lowest BCUT2D eigenvalue weighted by atomic mass is 10.2. The maximum absolute atomic E-state index is 11.8. The van der Waals surface area contributed by atoms with Gasteiger partial charge in [-0.15, -0.1) is 11.8 Å². The van der Waals surface area contributed by atoms with Gasteiger partial charge in [0.2, 0.25) is 5.91 Å². The molecule has 8 nitrogen and oxygen atoms in total. The molecule has 1 aromatic heterocycles. The van der Waals surface area contributed by atoms with Crippen LogP contribution in [0.1, 0.15) is 11.3 Å². The molecule has 0 atom stereocenters. The molecule has 0 saturated heterocycles. The smallest absolute Gasteiger partial charge is 0.316 e. The van der Waals surface area contributed by atoms with E-state index in [0.717, 1.165) is 17.3 Å². The highest BCUT2D eigenvalue weighted by Crippen LogP contribution is 2.20. The average molecular weight is 412 g/mol. The van der Waals surface area contributed by atoms with Crippen molar-refractivity contribution >= 4 is 52.7 Å². The lowest BCUT2D eigenvalue weighted by molar-refractivity contribution is -0.144. The Balaban J connectivity index is 1.64. The van der Waals surface area contributed by atoms with Gasteiger partial charge in [-0.25, -0.2) is 0 Å². The standard InChI is InChI=1S/C17H18ClN3O5S/c1-10-3-4-12(18)6-13(10)19-15(22)7-25-17(24)9-27-8-16(23)20-14-5-11(2)26-21-14/h3-6H,7-9H2,1-2H3,(H,19,22)(H,20,21,23). The zero-order valence-electron chi connectivity index (χ0n) is 14.7. The molecule has 2 rings (SSSR count). The summed E-state index contributed by atoms with van der Waals surface area (Å²) in [7, 11) is 0. The lowest BCUT2D eigenvalue weighted by Crippen LogP contribution is -2.22. The van der Waals surface area contributed by atoms with Gasteiger partial charge >= 0.3 is 5.97 Å². The maximum Gasteiger partial charge on any atom is 0.316 e. The molecule has 0 aliphatic heterocycles. The first kappa shape index (κ1) is 20.8. The molecule has 27 heavy (non-hydrogen) atoms. The summed E-state index contributed by atoms with van der Waals surface area (Å²) in [4.78, 5) is 35.2. The number of aromatic nitrogens is 1. The molecule has 1 aromatic carbocycles. The Labute approximate surface area is 164 Å². The van der Waals surface area contributed by atoms with Crippen LogP contribution >= 0.6 is 23.4 Å². The number of nitrogens with one attached hydrogen (secondary N) is 2. The number of hydrogen-bond acceptors (Lipinski definition) is 7. The average Bonchev–Trinajstić information content (AvgIpc) is 3.01. The van der Waals surface area contributed by atoms with Gasteiger partial charge in [-0.2, -0.15) is 0 Å². The van der Waals surface area contributed by atoms with Crippen LogP contribution in [-0.2, 0) is 19.1 Å². The molecule has 0 aliphatic carbocycles. The minimum atomic E-state index is -0.594. The van der Waals surface area contributed by atoms with Crippen molar-refractivity contribution in [2.24, 2.45) is 0 Å². The van der Waals surface area contributed by atoms with Crippen LogP contribution < -0.4 is 10.6 Å². The van der Waals surface area contributed by atoms with Crippen LogP contribution in [0.3, 0.4) is 0 Å². The van der Waals surface area contributed by atoms with Crippen LogP contribution in [-0.4, -0.2) is 41.1 Å². The Morgan fingerprint density at radius 1 is 1.15 bits per heavy atom. The highest BCUT2D eigenvalue weighted by atomic mass is 35.5. The number of hydrogen-bond donors (Lipinski definition) is 2. The number of esters is 1. The summed E-state index contributed by atoms with van der Waals surface area (Å²) in [5, 5.41) is 9.28. The zero-order chi connectivity index (χ0) is 19.8. The normalized spacial score (nSPS) is 10.3. The number of halogens is 1. The fourth-order valence-electron chi connectivity index (χ4n) is 1.93. The maximum atomic E-state index is 11.8. The van der Waals surface area contributed by atoms with E-state index in [4.69, 9.17) is 20.9 Å². The van der Waals surface area contributed by atoms with Gasteiger partial charge in [0.25, 0.3) is 5.91 Å². The molecule has 2 N–H and O–H groups in total. The topological polar surface area (TPSA) is 111 Å². The van der Waals surface area contributed by atoms with Crippen molar-refractivity contribution < 1.29 is 23.6 Å². The first-order valence-electron chi connectivity index (χ1n) is 7.86. The van der Waals surface area contributed by atoms with E-state index in [2.05, 4.69) is 15.8 Å². The van der Waals surface area contributed by atoms with Gasteiger partial charge in [-0.1, -0.05) is 22.8 Å². The van der Waals surface area contributed by atoms with Gasteiger partial charge in [0, 0.05) is 16.8 Å². The molecule has 0 saturated carbocycles. The van der Waals surface area contributed by atoms with E-state index in [0.29, 0.717) is 22.3 Å². The Kier molecular flexibility index (Phi) is 7.68. The van der Waals surface area contributed by atoms with Crippen molar-refractivity contribution in [1.29, 1.82) is 0 Å². The Hall–Kier alpha value is -2.52. The second-order valence-corrected chi connectivity index (χ2v) is 6.95. The van der Waals surface area contributed by atoms with Gasteiger partial charge in [0.1, 0.15) is 5.76 Å². The van der Waals surface area contributed by atoms with Gasteiger partial charge in [-0.05, 0) is 31.5 Å². The third-order valence-corrected chi connectivity index (χ3v) is 4.33. The number of aryl methyl sites for hydroxylation is 2. The second-order valence-electron chi connectivity index (χ2n) is 5.53. The van der Waals surface area contributed by atoms with Gasteiger partial charge in [0.05, 0.1) is 11.5 Å². The van der Waals surface area contributed by atoms with Crippen molar-refractivity contribution in [2.75, 3.05) is 28.7 Å². The summed E-state index contributed by atoms with van der Waals surface area (Å²) in [5.41, 5.74) is 1.39. The molecule has 0 radical (unpaired) electrons. The van der Waals surface area contributed by atoms with Crippen LogP contribution in [0.2, 0.25) is 5.02 Å². The molecule has 0 spiro atoms. The molecule has 0 bridgehead atoms. The molecule has 144 valence electrons. The Morgan fingerprint density at radius 2 is 1.93 bits per heavy atom. The Morgan fingerprint density at radius 3 is 2.63 bits per heavy atom. The van der Waals surface area contributed by atoms with Crippen LogP contribution in [0.25, 0.3) is 0 Å². The second kappa shape index (κ2) is 9.98. The van der Waals surface area contributed by atoms with Crippen molar-refractivity contribution in [1.82, 2.24) is 5.16 Å². The third-order valence-electron chi connectivity index (χ3n) is 3.19. The summed E-state index contributed by atoms with van der Waals surface area (Å²) < 4.78 is 9.71. The first-order valence-corrected chi connectivity index (χ1v) is 9.39. The molecule has 2 aromatic rings. The molecule has 0 unspecified atom stereocenters. The summed E-state index contributed by atoms with van der Waals surface area (Å²) >= 11 is 6.94. The quantitative estimate of drug-likeness (QED) is 0.642. The van der Waals surface area contributed by atoms with E-state index in [1.807, 2.05) is 6.92 Å². The Bertz CT molecular complexity index is 840. The van der Waals surface area contributed by atoms with Crippen LogP contribution in [0.15, 0.2) is 28.8 Å². The summed E-state index contributed by atoms with van der Waals surface area (Å²) in [6, 6.07) is 6.67. The monoisotopic (exact) mass is 411 g/mol. The predicted octanol–water partition coefficient (Wildman–Crippen LogP) is 2.80. The van der Waals surface area contributed by atoms with Crippen LogP contribution in [0.4, 0.5) is 11.5 Å². The van der Waals surface area contributed by atoms with E-state index in [-0.39, 0.29) is 17.4 Å². The third kappa shape index (κ3) is 7.32. The van der Waals surface area contributed by atoms with Gasteiger partial charge in [0.15, 0.2) is 12.4 Å². The predicted molar refractivity (Wildman–Crippen MR) is 103 cm³/mol. The van der Waals surface area contributed by atoms with Crippen molar-refractivity contribution in [3.8, 4) is 0 Å². The van der Waals surface area contributed by atoms with Crippen LogP contribution in [0, 0.1) is 13.8 Å². The number of benzene rings is 1. The highest BCUT2D eigenvalue weighted by Gasteiger charge is 2.11. The SMILES string of the molecule is Cc1cc(NC(=O)CSCC(=O)OCC(=O)Nc2cc(Cl)ccc2C)no1. The molecule has 1 heterocycles. The number of carbonyl (C=O) groups is 3. The van der Waals surface area contributed by atoms with Crippen molar-refractivity contribution in [2.45, 2.75) is 13.8 Å². The number of rotatable bonds is 8. The summed E-state index contributed by atoms with van der Waals surface area (Å²) in [5.74, 6) is -0.526. The minimum absolute atomic E-state index is 0.0366. The van der Waals surface area contributed by atoms with Gasteiger partial charge < -0.3 is 19.9 Å². The van der Waals surface area contributed by atoms with Gasteiger partial charge in [-0.3, -0.25) is 14.4 Å². The fraction of sp³-hybridized carbons (Fsp3) is 0.294. The fourth-order valence-corrected chi connectivity index (χ4v) is 2.72. The number of carbonyl (C=O) groups excluding carboxylic acids is 3. The summed E-state index contributed by atoms with van der Waals surface area (Å²) in [6.45, 7) is 3.10. The lowest BCUT2D eigenvalue weighted by Gasteiger charge is -2.09. The van der Waals surface area contributed by atoms with Crippen LogP contribution in [0.5, 0.6) is 0 Å². The van der Waals surface area contributed by atoms with E-state index in [1.165, 1.54) is 0 Å². The first-order chi connectivity index (χ1) is 12.8. The summed E-state index contributed by atoms with van der Waals surface area (Å²) in [6.07, 6.45) is 0. The highest BCUT2D eigenvalue weighted by molar-refractivity contribution is 8.00. The van der Waals surface area contributed by atoms with E-state index in [1.54, 1.807) is 31.2 Å². The molecular weight excluding hydrogens is 394 g/mol. The number of thioether (sulfide) groups is 1. The van der Waals surface area contributed by atoms with E-state index in [9.17, 15) is 14.4 Å². The molecule has 10 heteroatoms. The van der Waals surface area contributed by atoms with Crippen molar-refractivity contribution in [3.05, 3.63) is 40.6 Å². The molecule has 0 fully saturated rings. The number of ether oxygens (including phenoxy) is 1. The number of amides is 2. The largest absolute Gasteiger partial charge is 0.455 e. The van der Waals surface area contributed by atoms with E-state index >= 15 is 0 Å². The van der Waals surface area contributed by atoms with E-state index < -0.39 is 18.5 Å². The zero-order valence-corrected chi connectivity index (χ0v) is 16.3.